The number of rotatable bonds is 1. The summed E-state index contributed by atoms with van der Waals surface area (Å²) < 4.78 is 0. The van der Waals surface area contributed by atoms with Crippen molar-refractivity contribution in [2.24, 2.45) is 0 Å². The third kappa shape index (κ3) is 2.26. The second kappa shape index (κ2) is 4.92. The molecule has 2 aromatic heterocycles. The van der Waals surface area contributed by atoms with Crippen molar-refractivity contribution in [2.75, 3.05) is 0 Å². The lowest BCUT2D eigenvalue weighted by atomic mass is 9.63. The Hall–Kier alpha value is -2.16. The van der Waals surface area contributed by atoms with Crippen molar-refractivity contribution in [1.29, 1.82) is 0 Å². The Bertz CT molecular complexity index is 931. The van der Waals surface area contributed by atoms with Crippen LogP contribution in [0.4, 0.5) is 0 Å². The van der Waals surface area contributed by atoms with E-state index in [1.165, 1.54) is 34.7 Å². The van der Waals surface area contributed by atoms with Crippen LogP contribution in [0.15, 0.2) is 30.5 Å². The number of hydrogen-bond acceptors (Lipinski definition) is 2. The predicted octanol–water partition coefficient (Wildman–Crippen LogP) is 5.28. The highest BCUT2D eigenvalue weighted by Crippen LogP contribution is 2.47. The SMILES string of the molecule is Cc1cc(-c2nccc3cc4c(cc23)C(C)(C)CCC4(C)C)n[nH]1. The molecule has 0 saturated heterocycles. The zero-order valence-corrected chi connectivity index (χ0v) is 15.2. The van der Waals surface area contributed by atoms with Crippen molar-refractivity contribution >= 4 is 10.8 Å². The molecule has 0 aliphatic heterocycles. The van der Waals surface area contributed by atoms with Gasteiger partial charge in [0.25, 0.3) is 0 Å². The van der Waals surface area contributed by atoms with Crippen LogP contribution in [0, 0.1) is 6.92 Å². The van der Waals surface area contributed by atoms with Crippen LogP contribution in [0.25, 0.3) is 22.2 Å². The van der Waals surface area contributed by atoms with Crippen molar-refractivity contribution in [3.8, 4) is 11.4 Å². The summed E-state index contributed by atoms with van der Waals surface area (Å²) in [4.78, 5) is 4.64. The third-order valence-corrected chi connectivity index (χ3v) is 5.68. The minimum absolute atomic E-state index is 0.202. The number of hydrogen-bond donors (Lipinski definition) is 1. The molecule has 0 bridgehead atoms. The number of aromatic amines is 1. The smallest absolute Gasteiger partial charge is 0.111 e. The van der Waals surface area contributed by atoms with E-state index in [0.717, 1.165) is 17.1 Å². The van der Waals surface area contributed by atoms with Crippen molar-refractivity contribution in [1.82, 2.24) is 15.2 Å². The highest BCUT2D eigenvalue weighted by molar-refractivity contribution is 5.95. The molecular formula is C21H25N3. The van der Waals surface area contributed by atoms with Gasteiger partial charge in [-0.25, -0.2) is 0 Å². The molecule has 0 unspecified atom stereocenters. The van der Waals surface area contributed by atoms with Crippen LogP contribution < -0.4 is 0 Å². The highest BCUT2D eigenvalue weighted by Gasteiger charge is 2.37. The van der Waals surface area contributed by atoms with Gasteiger partial charge < -0.3 is 0 Å². The second-order valence-corrected chi connectivity index (χ2v) is 8.48. The maximum Gasteiger partial charge on any atom is 0.111 e. The summed E-state index contributed by atoms with van der Waals surface area (Å²) in [5.74, 6) is 0. The van der Waals surface area contributed by atoms with Crippen molar-refractivity contribution in [3.63, 3.8) is 0 Å². The molecule has 1 aliphatic rings. The van der Waals surface area contributed by atoms with E-state index >= 15 is 0 Å². The number of benzene rings is 1. The molecule has 0 radical (unpaired) electrons. The molecule has 0 fully saturated rings. The summed E-state index contributed by atoms with van der Waals surface area (Å²) in [5, 5.41) is 9.92. The summed E-state index contributed by atoms with van der Waals surface area (Å²) in [6.07, 6.45) is 4.35. The molecule has 24 heavy (non-hydrogen) atoms. The van der Waals surface area contributed by atoms with Crippen LogP contribution >= 0.6 is 0 Å². The maximum atomic E-state index is 4.64. The average molecular weight is 319 g/mol. The first-order valence-corrected chi connectivity index (χ1v) is 8.74. The average Bonchev–Trinajstić information content (AvgIpc) is 2.96. The molecule has 1 aliphatic carbocycles. The predicted molar refractivity (Wildman–Crippen MR) is 99.3 cm³/mol. The molecule has 124 valence electrons. The van der Waals surface area contributed by atoms with Crippen molar-refractivity contribution in [2.45, 2.75) is 58.3 Å². The minimum atomic E-state index is 0.202. The summed E-state index contributed by atoms with van der Waals surface area (Å²) in [6.45, 7) is 11.5. The Balaban J connectivity index is 2.04. The molecule has 3 heteroatoms. The highest BCUT2D eigenvalue weighted by atomic mass is 15.1. The van der Waals surface area contributed by atoms with Gasteiger partial charge in [0, 0.05) is 17.3 Å². The Kier molecular flexibility index (Phi) is 3.15. The largest absolute Gasteiger partial charge is 0.282 e. The lowest BCUT2D eigenvalue weighted by molar-refractivity contribution is 0.332. The Labute approximate surface area is 143 Å². The van der Waals surface area contributed by atoms with Crippen molar-refractivity contribution in [3.05, 3.63) is 47.3 Å². The fourth-order valence-electron chi connectivity index (χ4n) is 3.98. The fraction of sp³-hybridized carbons (Fsp3) is 0.429. The molecule has 0 amide bonds. The van der Waals surface area contributed by atoms with Crippen molar-refractivity contribution < 1.29 is 0 Å². The van der Waals surface area contributed by atoms with Crippen LogP contribution in [0.2, 0.25) is 0 Å². The van der Waals surface area contributed by atoms with E-state index in [2.05, 4.69) is 67.1 Å². The van der Waals surface area contributed by atoms with E-state index in [9.17, 15) is 0 Å². The number of nitrogens with one attached hydrogen (secondary N) is 1. The topological polar surface area (TPSA) is 41.6 Å². The van der Waals surface area contributed by atoms with Gasteiger partial charge in [0.15, 0.2) is 0 Å². The van der Waals surface area contributed by atoms with Gasteiger partial charge >= 0.3 is 0 Å². The second-order valence-electron chi connectivity index (χ2n) is 8.48. The molecule has 1 aromatic carbocycles. The van der Waals surface area contributed by atoms with Gasteiger partial charge in [-0.1, -0.05) is 33.8 Å². The molecule has 0 spiro atoms. The Morgan fingerprint density at radius 1 is 0.958 bits per heavy atom. The number of pyridine rings is 1. The van der Waals surface area contributed by atoms with Gasteiger partial charge in [0.1, 0.15) is 5.69 Å². The number of aryl methyl sites for hydroxylation is 1. The summed E-state index contributed by atoms with van der Waals surface area (Å²) in [7, 11) is 0. The molecule has 0 atom stereocenters. The van der Waals surface area contributed by atoms with Gasteiger partial charge in [-0.05, 0) is 65.3 Å². The van der Waals surface area contributed by atoms with E-state index in [1.54, 1.807) is 0 Å². The number of fused-ring (bicyclic) bond motifs is 2. The van der Waals surface area contributed by atoms with E-state index < -0.39 is 0 Å². The molecule has 3 aromatic rings. The molecule has 4 rings (SSSR count). The van der Waals surface area contributed by atoms with Crippen LogP contribution in [0.1, 0.15) is 57.4 Å². The summed E-state index contributed by atoms with van der Waals surface area (Å²) in [5.41, 5.74) is 6.33. The molecule has 2 heterocycles. The Morgan fingerprint density at radius 3 is 2.25 bits per heavy atom. The molecule has 0 saturated carbocycles. The standard InChI is InChI=1S/C21H25N3/c1-13-10-18(24-23-13)19-15-12-17-16(11-14(15)6-9-22-19)20(2,3)7-8-21(17,4)5/h6,9-12H,7-8H2,1-5H3,(H,23,24). The van der Waals surface area contributed by atoms with Crippen LogP contribution in [-0.2, 0) is 10.8 Å². The zero-order valence-electron chi connectivity index (χ0n) is 15.2. The molecule has 1 N–H and O–H groups in total. The maximum absolute atomic E-state index is 4.64. The summed E-state index contributed by atoms with van der Waals surface area (Å²) in [6, 6.07) is 8.95. The van der Waals surface area contributed by atoms with Crippen LogP contribution in [-0.4, -0.2) is 15.2 Å². The number of H-pyrrole nitrogens is 1. The molecule has 3 nitrogen and oxygen atoms in total. The number of nitrogens with zero attached hydrogens (tertiary/aromatic N) is 2. The van der Waals surface area contributed by atoms with Gasteiger partial charge in [-0.3, -0.25) is 10.1 Å². The van der Waals surface area contributed by atoms with Gasteiger partial charge in [-0.2, -0.15) is 5.10 Å². The quantitative estimate of drug-likeness (QED) is 0.663. The van der Waals surface area contributed by atoms with Gasteiger partial charge in [-0.15, -0.1) is 0 Å². The first-order valence-electron chi connectivity index (χ1n) is 8.74. The zero-order chi connectivity index (χ0) is 17.1. The lowest BCUT2D eigenvalue weighted by Crippen LogP contribution is -2.33. The molecular weight excluding hydrogens is 294 g/mol. The van der Waals surface area contributed by atoms with E-state index in [-0.39, 0.29) is 10.8 Å². The van der Waals surface area contributed by atoms with Gasteiger partial charge in [0.05, 0.1) is 5.69 Å². The number of aromatic nitrogens is 3. The van der Waals surface area contributed by atoms with Crippen LogP contribution in [0.3, 0.4) is 0 Å². The first kappa shape index (κ1) is 15.4. The third-order valence-electron chi connectivity index (χ3n) is 5.68. The lowest BCUT2D eigenvalue weighted by Gasteiger charge is -2.42. The van der Waals surface area contributed by atoms with E-state index in [4.69, 9.17) is 0 Å². The first-order chi connectivity index (χ1) is 11.3. The van der Waals surface area contributed by atoms with E-state index in [0.29, 0.717) is 0 Å². The van der Waals surface area contributed by atoms with E-state index in [1.807, 2.05) is 13.1 Å². The minimum Gasteiger partial charge on any atom is -0.282 e. The Morgan fingerprint density at radius 2 is 1.62 bits per heavy atom. The monoisotopic (exact) mass is 319 g/mol. The summed E-state index contributed by atoms with van der Waals surface area (Å²) >= 11 is 0. The van der Waals surface area contributed by atoms with Crippen LogP contribution in [0.5, 0.6) is 0 Å². The fourth-order valence-corrected chi connectivity index (χ4v) is 3.98. The van der Waals surface area contributed by atoms with Gasteiger partial charge in [0.2, 0.25) is 0 Å². The normalized spacial score (nSPS) is 18.5.